The van der Waals surface area contributed by atoms with Crippen molar-refractivity contribution in [1.82, 2.24) is 14.2 Å². The zero-order chi connectivity index (χ0) is 19.4. The largest absolute Gasteiger partial charge is 0.348 e. The Morgan fingerprint density at radius 1 is 1.19 bits per heavy atom. The highest BCUT2D eigenvalue weighted by molar-refractivity contribution is 7.89. The Hall–Kier alpha value is -2.12. The van der Waals surface area contributed by atoms with Crippen molar-refractivity contribution in [2.75, 3.05) is 13.1 Å². The zero-order valence-corrected chi connectivity index (χ0v) is 16.7. The van der Waals surface area contributed by atoms with E-state index in [0.29, 0.717) is 18.8 Å². The number of hydrogen-bond donors (Lipinski definition) is 1. The van der Waals surface area contributed by atoms with E-state index in [0.717, 1.165) is 31.2 Å². The first-order valence-electron chi connectivity index (χ1n) is 9.43. The van der Waals surface area contributed by atoms with Gasteiger partial charge in [-0.3, -0.25) is 4.79 Å². The molecule has 1 aromatic carbocycles. The summed E-state index contributed by atoms with van der Waals surface area (Å²) in [6, 6.07) is 11.5. The van der Waals surface area contributed by atoms with Crippen LogP contribution in [0.4, 0.5) is 0 Å². The van der Waals surface area contributed by atoms with Crippen molar-refractivity contribution in [1.29, 1.82) is 0 Å². The highest BCUT2D eigenvalue weighted by Crippen LogP contribution is 2.22. The molecule has 3 rings (SSSR count). The molecular weight excluding hydrogens is 362 g/mol. The van der Waals surface area contributed by atoms with Crippen molar-refractivity contribution < 1.29 is 13.2 Å². The van der Waals surface area contributed by atoms with Gasteiger partial charge in [0.05, 0.1) is 0 Å². The maximum absolute atomic E-state index is 12.7. The minimum absolute atomic E-state index is 0.00607. The molecule has 0 spiro atoms. The van der Waals surface area contributed by atoms with Gasteiger partial charge in [0.15, 0.2) is 0 Å². The smallest absolute Gasteiger partial charge is 0.268 e. The number of hydrogen-bond acceptors (Lipinski definition) is 3. The lowest BCUT2D eigenvalue weighted by molar-refractivity contribution is 0.0927. The quantitative estimate of drug-likeness (QED) is 0.791. The molecule has 0 saturated carbocycles. The number of carbonyl (C=O) groups is 1. The van der Waals surface area contributed by atoms with Gasteiger partial charge < -0.3 is 9.88 Å². The van der Waals surface area contributed by atoms with E-state index in [-0.39, 0.29) is 16.8 Å². The molecule has 1 fully saturated rings. The third-order valence-electron chi connectivity index (χ3n) is 5.07. The Labute approximate surface area is 161 Å². The third kappa shape index (κ3) is 4.42. The van der Waals surface area contributed by atoms with Crippen LogP contribution in [0.5, 0.6) is 0 Å². The van der Waals surface area contributed by atoms with Crippen LogP contribution in [-0.2, 0) is 23.5 Å². The Kier molecular flexibility index (Phi) is 6.01. The number of benzene rings is 1. The van der Waals surface area contributed by atoms with E-state index in [1.54, 1.807) is 11.6 Å². The second kappa shape index (κ2) is 8.27. The monoisotopic (exact) mass is 389 g/mol. The summed E-state index contributed by atoms with van der Waals surface area (Å²) in [7, 11) is -1.82. The zero-order valence-electron chi connectivity index (χ0n) is 15.9. The van der Waals surface area contributed by atoms with Crippen molar-refractivity contribution in [3.05, 3.63) is 53.9 Å². The van der Waals surface area contributed by atoms with Crippen molar-refractivity contribution in [3.63, 3.8) is 0 Å². The molecule has 146 valence electrons. The van der Waals surface area contributed by atoms with Gasteiger partial charge in [-0.1, -0.05) is 37.3 Å². The van der Waals surface area contributed by atoms with E-state index in [2.05, 4.69) is 5.32 Å². The van der Waals surface area contributed by atoms with Gasteiger partial charge in [0.2, 0.25) is 10.0 Å². The van der Waals surface area contributed by atoms with Gasteiger partial charge in [-0.2, -0.15) is 4.31 Å². The number of nitrogens with zero attached hydrogens (tertiary/aromatic N) is 2. The van der Waals surface area contributed by atoms with Crippen LogP contribution in [0, 0.1) is 0 Å². The second-order valence-corrected chi connectivity index (χ2v) is 8.99. The molecule has 1 aromatic heterocycles. The van der Waals surface area contributed by atoms with E-state index in [4.69, 9.17) is 0 Å². The first-order chi connectivity index (χ1) is 12.9. The van der Waals surface area contributed by atoms with Crippen LogP contribution in [0.1, 0.15) is 42.2 Å². The summed E-state index contributed by atoms with van der Waals surface area (Å²) in [6.45, 7) is 3.13. The van der Waals surface area contributed by atoms with Crippen LogP contribution >= 0.6 is 0 Å². The number of nitrogens with one attached hydrogen (secondary N) is 1. The molecular formula is C20H27N3O3S. The topological polar surface area (TPSA) is 71.4 Å². The molecule has 1 N–H and O–H groups in total. The summed E-state index contributed by atoms with van der Waals surface area (Å²) in [5.41, 5.74) is 1.52. The molecule has 7 heteroatoms. The van der Waals surface area contributed by atoms with Crippen molar-refractivity contribution in [3.8, 4) is 0 Å². The summed E-state index contributed by atoms with van der Waals surface area (Å²) in [6.07, 6.45) is 4.84. The number of aromatic nitrogens is 1. The molecule has 2 aromatic rings. The highest BCUT2D eigenvalue weighted by atomic mass is 32.2. The van der Waals surface area contributed by atoms with Gasteiger partial charge in [-0.05, 0) is 37.3 Å². The molecule has 1 saturated heterocycles. The van der Waals surface area contributed by atoms with Gasteiger partial charge in [0.25, 0.3) is 5.91 Å². The van der Waals surface area contributed by atoms with E-state index in [1.165, 1.54) is 16.6 Å². The van der Waals surface area contributed by atoms with Crippen LogP contribution in [-0.4, -0.2) is 42.3 Å². The molecule has 1 aliphatic heterocycles. The number of aryl methyl sites for hydroxylation is 1. The molecule has 27 heavy (non-hydrogen) atoms. The number of sulfonamides is 1. The van der Waals surface area contributed by atoms with Gasteiger partial charge in [0.1, 0.15) is 10.6 Å². The maximum atomic E-state index is 12.7. The van der Waals surface area contributed by atoms with Crippen molar-refractivity contribution >= 4 is 15.9 Å². The van der Waals surface area contributed by atoms with Crippen LogP contribution in [0.2, 0.25) is 0 Å². The minimum atomic E-state index is -3.52. The van der Waals surface area contributed by atoms with Gasteiger partial charge >= 0.3 is 0 Å². The van der Waals surface area contributed by atoms with E-state index in [9.17, 15) is 13.2 Å². The summed E-state index contributed by atoms with van der Waals surface area (Å²) in [5, 5.41) is 3.04. The standard InChI is InChI=1S/C20H27N3O3S/c1-3-17(13-16-9-5-4-6-10-16)21-20(24)19-14-18(15-22(19)2)27(25,26)23-11-7-8-12-23/h4-6,9-10,14-15,17H,3,7-8,11-13H2,1-2H3,(H,21,24). The molecule has 2 heterocycles. The van der Waals surface area contributed by atoms with Gasteiger partial charge in [-0.15, -0.1) is 0 Å². The molecule has 6 nitrogen and oxygen atoms in total. The molecule has 1 unspecified atom stereocenters. The van der Waals surface area contributed by atoms with Gasteiger partial charge in [-0.25, -0.2) is 8.42 Å². The lowest BCUT2D eigenvalue weighted by atomic mass is 10.0. The number of carbonyl (C=O) groups excluding carboxylic acids is 1. The van der Waals surface area contributed by atoms with Gasteiger partial charge in [0, 0.05) is 32.4 Å². The predicted octanol–water partition coefficient (Wildman–Crippen LogP) is 2.56. The summed E-state index contributed by atoms with van der Waals surface area (Å²) in [4.78, 5) is 12.9. The fourth-order valence-corrected chi connectivity index (χ4v) is 5.02. The Morgan fingerprint density at radius 3 is 2.48 bits per heavy atom. The molecule has 0 radical (unpaired) electrons. The molecule has 1 aliphatic rings. The van der Waals surface area contributed by atoms with E-state index < -0.39 is 10.0 Å². The molecule has 1 amide bonds. The first kappa shape index (κ1) is 19.6. The summed E-state index contributed by atoms with van der Waals surface area (Å²) < 4.78 is 28.5. The lowest BCUT2D eigenvalue weighted by Gasteiger charge is -2.17. The SMILES string of the molecule is CCC(Cc1ccccc1)NC(=O)c1cc(S(=O)(=O)N2CCCC2)cn1C. The number of amides is 1. The van der Waals surface area contributed by atoms with Crippen molar-refractivity contribution in [2.45, 2.75) is 43.5 Å². The molecule has 1 atom stereocenters. The van der Waals surface area contributed by atoms with E-state index in [1.807, 2.05) is 37.3 Å². The summed E-state index contributed by atoms with van der Waals surface area (Å²) >= 11 is 0. The number of rotatable bonds is 7. The van der Waals surface area contributed by atoms with Crippen LogP contribution in [0.3, 0.4) is 0 Å². The first-order valence-corrected chi connectivity index (χ1v) is 10.9. The van der Waals surface area contributed by atoms with Crippen molar-refractivity contribution in [2.24, 2.45) is 7.05 Å². The highest BCUT2D eigenvalue weighted by Gasteiger charge is 2.29. The Morgan fingerprint density at radius 2 is 1.85 bits per heavy atom. The lowest BCUT2D eigenvalue weighted by Crippen LogP contribution is -2.36. The molecule has 0 aliphatic carbocycles. The van der Waals surface area contributed by atoms with Crippen LogP contribution in [0.25, 0.3) is 0 Å². The third-order valence-corrected chi connectivity index (χ3v) is 6.93. The van der Waals surface area contributed by atoms with Crippen LogP contribution < -0.4 is 5.32 Å². The second-order valence-electron chi connectivity index (χ2n) is 7.05. The van der Waals surface area contributed by atoms with Crippen LogP contribution in [0.15, 0.2) is 47.5 Å². The average molecular weight is 390 g/mol. The predicted molar refractivity (Wildman–Crippen MR) is 105 cm³/mol. The normalized spacial score (nSPS) is 16.4. The Bertz CT molecular complexity index is 884. The average Bonchev–Trinajstić information content (AvgIpc) is 3.32. The fraction of sp³-hybridized carbons (Fsp3) is 0.450. The van der Waals surface area contributed by atoms with E-state index >= 15 is 0 Å². The Balaban J connectivity index is 1.74. The molecule has 0 bridgehead atoms. The fourth-order valence-electron chi connectivity index (χ4n) is 3.43. The minimum Gasteiger partial charge on any atom is -0.348 e. The summed E-state index contributed by atoms with van der Waals surface area (Å²) in [5.74, 6) is -0.247. The maximum Gasteiger partial charge on any atom is 0.268 e.